The van der Waals surface area contributed by atoms with Crippen molar-refractivity contribution in [1.29, 1.82) is 0 Å². The molecular weight excluding hydrogens is 231 g/mol. The lowest BCUT2D eigenvalue weighted by atomic mass is 10.1. The van der Waals surface area contributed by atoms with Crippen molar-refractivity contribution in [2.75, 3.05) is 13.1 Å². The molecule has 1 aromatic rings. The zero-order valence-electron chi connectivity index (χ0n) is 9.24. The molecule has 0 bridgehead atoms. The summed E-state index contributed by atoms with van der Waals surface area (Å²) in [5.74, 6) is 0. The van der Waals surface area contributed by atoms with Crippen LogP contribution in [0.15, 0.2) is 24.3 Å². The molecule has 0 saturated carbocycles. The van der Waals surface area contributed by atoms with Crippen molar-refractivity contribution in [3.8, 4) is 0 Å². The first kappa shape index (κ1) is 12.4. The van der Waals surface area contributed by atoms with Gasteiger partial charge in [0.1, 0.15) is 0 Å². The van der Waals surface area contributed by atoms with Gasteiger partial charge in [-0.25, -0.2) is 0 Å². The molecule has 0 unspecified atom stereocenters. The second-order valence-electron chi connectivity index (χ2n) is 4.38. The van der Waals surface area contributed by atoms with E-state index in [1.165, 1.54) is 12.1 Å². The van der Waals surface area contributed by atoms with Crippen LogP contribution in [0.2, 0.25) is 0 Å². The van der Waals surface area contributed by atoms with E-state index in [2.05, 4.69) is 0 Å². The molecule has 0 aromatic heterocycles. The quantitative estimate of drug-likeness (QED) is 0.864. The van der Waals surface area contributed by atoms with Crippen molar-refractivity contribution >= 4 is 0 Å². The third-order valence-corrected chi connectivity index (χ3v) is 2.91. The van der Waals surface area contributed by atoms with Crippen molar-refractivity contribution in [1.82, 2.24) is 4.90 Å². The van der Waals surface area contributed by atoms with Gasteiger partial charge in [-0.05, 0) is 18.1 Å². The van der Waals surface area contributed by atoms with E-state index in [-0.39, 0.29) is 6.10 Å². The van der Waals surface area contributed by atoms with Crippen LogP contribution in [0.3, 0.4) is 0 Å². The molecule has 1 fully saturated rings. The number of aliphatic hydroxyl groups excluding tert-OH is 1. The Morgan fingerprint density at radius 1 is 1.35 bits per heavy atom. The first-order valence-electron chi connectivity index (χ1n) is 5.52. The zero-order valence-corrected chi connectivity index (χ0v) is 9.24. The van der Waals surface area contributed by atoms with E-state index in [1.54, 1.807) is 6.07 Å². The minimum atomic E-state index is -4.29. The molecule has 2 nitrogen and oxygen atoms in total. The van der Waals surface area contributed by atoms with Gasteiger partial charge in [-0.3, -0.25) is 4.90 Å². The van der Waals surface area contributed by atoms with Gasteiger partial charge in [0.05, 0.1) is 11.7 Å². The summed E-state index contributed by atoms with van der Waals surface area (Å²) < 4.78 is 37.5. The second-order valence-corrected chi connectivity index (χ2v) is 4.38. The fourth-order valence-electron chi connectivity index (χ4n) is 2.06. The van der Waals surface area contributed by atoms with Crippen LogP contribution in [-0.2, 0) is 12.7 Å². The summed E-state index contributed by atoms with van der Waals surface area (Å²) in [6.45, 7) is 1.73. The van der Waals surface area contributed by atoms with Crippen molar-refractivity contribution in [2.45, 2.75) is 25.2 Å². The molecule has 2 rings (SSSR count). The van der Waals surface area contributed by atoms with Gasteiger partial charge in [0.25, 0.3) is 0 Å². The maximum absolute atomic E-state index is 12.5. The summed E-state index contributed by atoms with van der Waals surface area (Å²) in [5, 5.41) is 9.34. The van der Waals surface area contributed by atoms with Crippen molar-refractivity contribution in [3.63, 3.8) is 0 Å². The number of hydrogen-bond acceptors (Lipinski definition) is 2. The van der Waals surface area contributed by atoms with Gasteiger partial charge in [0.15, 0.2) is 0 Å². The van der Waals surface area contributed by atoms with E-state index in [0.717, 1.165) is 12.6 Å². The number of hydrogen-bond donors (Lipinski definition) is 1. The maximum Gasteiger partial charge on any atom is 0.416 e. The number of halogens is 3. The minimum Gasteiger partial charge on any atom is -0.392 e. The molecule has 0 aliphatic carbocycles. The van der Waals surface area contributed by atoms with Crippen molar-refractivity contribution < 1.29 is 18.3 Å². The first-order valence-corrected chi connectivity index (χ1v) is 5.52. The molecule has 1 aliphatic heterocycles. The third kappa shape index (κ3) is 3.20. The predicted molar refractivity (Wildman–Crippen MR) is 57.3 cm³/mol. The fraction of sp³-hybridized carbons (Fsp3) is 0.500. The molecule has 17 heavy (non-hydrogen) atoms. The minimum absolute atomic E-state index is 0.346. The molecule has 5 heteroatoms. The Morgan fingerprint density at radius 3 is 2.71 bits per heavy atom. The van der Waals surface area contributed by atoms with Gasteiger partial charge in [-0.15, -0.1) is 0 Å². The lowest BCUT2D eigenvalue weighted by molar-refractivity contribution is -0.137. The molecule has 94 valence electrons. The normalized spacial score (nSPS) is 22.0. The molecule has 1 aromatic carbocycles. The van der Waals surface area contributed by atoms with Crippen LogP contribution in [0, 0.1) is 0 Å². The van der Waals surface area contributed by atoms with Crippen LogP contribution in [0.5, 0.6) is 0 Å². The largest absolute Gasteiger partial charge is 0.416 e. The Morgan fingerprint density at radius 2 is 2.12 bits per heavy atom. The summed E-state index contributed by atoms with van der Waals surface area (Å²) in [4.78, 5) is 1.96. The van der Waals surface area contributed by atoms with E-state index in [0.29, 0.717) is 25.1 Å². The lowest BCUT2D eigenvalue weighted by Crippen LogP contribution is -2.21. The Kier molecular flexibility index (Phi) is 3.40. The van der Waals surface area contributed by atoms with Crippen LogP contribution < -0.4 is 0 Å². The van der Waals surface area contributed by atoms with E-state index in [4.69, 9.17) is 0 Å². The summed E-state index contributed by atoms with van der Waals surface area (Å²) in [5.41, 5.74) is 0.0173. The Bertz CT molecular complexity index is 392. The highest BCUT2D eigenvalue weighted by Gasteiger charge is 2.30. The molecule has 0 amide bonds. The number of benzene rings is 1. The summed E-state index contributed by atoms with van der Waals surface area (Å²) in [6.07, 6.45) is -3.94. The third-order valence-electron chi connectivity index (χ3n) is 2.91. The molecular formula is C12H14F3NO. The number of β-amino-alcohol motifs (C(OH)–C–C–N with tert-alkyl or cyclic N) is 1. The fourth-order valence-corrected chi connectivity index (χ4v) is 2.06. The van der Waals surface area contributed by atoms with Crippen molar-refractivity contribution in [3.05, 3.63) is 35.4 Å². The molecule has 1 aliphatic rings. The van der Waals surface area contributed by atoms with Crippen LogP contribution in [0.4, 0.5) is 13.2 Å². The molecule has 1 atom stereocenters. The van der Waals surface area contributed by atoms with Crippen LogP contribution >= 0.6 is 0 Å². The van der Waals surface area contributed by atoms with E-state index >= 15 is 0 Å². The number of aliphatic hydroxyl groups is 1. The molecule has 0 radical (unpaired) electrons. The number of nitrogens with zero attached hydrogens (tertiary/aromatic N) is 1. The monoisotopic (exact) mass is 245 g/mol. The predicted octanol–water partition coefficient (Wildman–Crippen LogP) is 2.27. The number of alkyl halides is 3. The second kappa shape index (κ2) is 4.66. The average Bonchev–Trinajstić information content (AvgIpc) is 2.63. The zero-order chi connectivity index (χ0) is 12.5. The van der Waals surface area contributed by atoms with Crippen LogP contribution in [-0.4, -0.2) is 29.2 Å². The molecule has 1 heterocycles. The SMILES string of the molecule is O[C@H]1CCN(Cc2cccc(C(F)(F)F)c2)C1. The summed E-state index contributed by atoms with van der Waals surface area (Å²) in [7, 11) is 0. The standard InChI is InChI=1S/C12H14F3NO/c13-12(14,15)10-3-1-2-9(6-10)7-16-5-4-11(17)8-16/h1-3,6,11,17H,4-5,7-8H2/t11-/m0/s1. The highest BCUT2D eigenvalue weighted by atomic mass is 19.4. The smallest absolute Gasteiger partial charge is 0.392 e. The van der Waals surface area contributed by atoms with Crippen molar-refractivity contribution in [2.24, 2.45) is 0 Å². The molecule has 1 saturated heterocycles. The summed E-state index contributed by atoms with van der Waals surface area (Å²) >= 11 is 0. The molecule has 1 N–H and O–H groups in total. The van der Waals surface area contributed by atoms with Gasteiger partial charge in [-0.1, -0.05) is 18.2 Å². The Hall–Kier alpha value is -1.07. The Balaban J connectivity index is 2.06. The van der Waals surface area contributed by atoms with Gasteiger partial charge in [0.2, 0.25) is 0 Å². The first-order chi connectivity index (χ1) is 7.95. The number of rotatable bonds is 2. The van der Waals surface area contributed by atoms with E-state index in [9.17, 15) is 18.3 Å². The van der Waals surface area contributed by atoms with Crippen LogP contribution in [0.25, 0.3) is 0 Å². The van der Waals surface area contributed by atoms with Crippen LogP contribution in [0.1, 0.15) is 17.5 Å². The van der Waals surface area contributed by atoms with Gasteiger partial charge in [0, 0.05) is 19.6 Å². The summed E-state index contributed by atoms with van der Waals surface area (Å²) in [6, 6.07) is 5.34. The topological polar surface area (TPSA) is 23.5 Å². The van der Waals surface area contributed by atoms with Gasteiger partial charge in [-0.2, -0.15) is 13.2 Å². The average molecular weight is 245 g/mol. The molecule has 0 spiro atoms. The lowest BCUT2D eigenvalue weighted by Gasteiger charge is -2.16. The van der Waals surface area contributed by atoms with E-state index in [1.807, 2.05) is 4.90 Å². The highest BCUT2D eigenvalue weighted by molar-refractivity contribution is 5.25. The highest BCUT2D eigenvalue weighted by Crippen LogP contribution is 2.29. The number of likely N-dealkylation sites (tertiary alicyclic amines) is 1. The maximum atomic E-state index is 12.5. The Labute approximate surface area is 97.7 Å². The van der Waals surface area contributed by atoms with E-state index < -0.39 is 11.7 Å². The van der Waals surface area contributed by atoms with Gasteiger partial charge >= 0.3 is 6.18 Å². The van der Waals surface area contributed by atoms with Gasteiger partial charge < -0.3 is 5.11 Å².